The van der Waals surface area contributed by atoms with Gasteiger partial charge in [-0.05, 0) is 55.4 Å². The standard InChI is InChI=1S/C21H28/c1-6-17-13-15(4)9-11-20(17)19(8-3)21-12-10-16(5)14-18(21)7-2/h9-14,19H,6-8H2,1-5H3. The quantitative estimate of drug-likeness (QED) is 0.633. The summed E-state index contributed by atoms with van der Waals surface area (Å²) < 4.78 is 0. The Morgan fingerprint density at radius 1 is 0.714 bits per heavy atom. The van der Waals surface area contributed by atoms with Crippen molar-refractivity contribution in [3.05, 3.63) is 69.8 Å². The van der Waals surface area contributed by atoms with Gasteiger partial charge in [-0.3, -0.25) is 0 Å². The summed E-state index contributed by atoms with van der Waals surface area (Å²) in [4.78, 5) is 0. The molecule has 0 radical (unpaired) electrons. The normalized spacial score (nSPS) is 11.1. The number of hydrogen-bond donors (Lipinski definition) is 0. The van der Waals surface area contributed by atoms with Crippen molar-refractivity contribution in [3.63, 3.8) is 0 Å². The Morgan fingerprint density at radius 3 is 1.48 bits per heavy atom. The molecule has 0 fully saturated rings. The average molecular weight is 280 g/mol. The van der Waals surface area contributed by atoms with E-state index in [9.17, 15) is 0 Å². The van der Waals surface area contributed by atoms with Crippen LogP contribution in [0.2, 0.25) is 0 Å². The third kappa shape index (κ3) is 3.37. The number of rotatable bonds is 5. The zero-order chi connectivity index (χ0) is 15.4. The smallest absolute Gasteiger partial charge is 0.00921 e. The second-order valence-corrected chi connectivity index (χ2v) is 6.07. The number of aryl methyl sites for hydroxylation is 4. The predicted octanol–water partition coefficient (Wildman–Crippen LogP) is 5.97. The summed E-state index contributed by atoms with van der Waals surface area (Å²) in [6, 6.07) is 13.9. The van der Waals surface area contributed by atoms with Gasteiger partial charge in [-0.2, -0.15) is 0 Å². The zero-order valence-corrected chi connectivity index (χ0v) is 14.2. The highest BCUT2D eigenvalue weighted by Crippen LogP contribution is 2.33. The molecule has 2 aromatic rings. The predicted molar refractivity (Wildman–Crippen MR) is 93.2 cm³/mol. The van der Waals surface area contributed by atoms with E-state index in [1.165, 1.54) is 33.4 Å². The summed E-state index contributed by atoms with van der Waals surface area (Å²) in [7, 11) is 0. The first-order valence-electron chi connectivity index (χ1n) is 8.29. The fourth-order valence-electron chi connectivity index (χ4n) is 3.37. The van der Waals surface area contributed by atoms with Gasteiger partial charge < -0.3 is 0 Å². The highest BCUT2D eigenvalue weighted by atomic mass is 14.2. The Morgan fingerprint density at radius 2 is 1.14 bits per heavy atom. The van der Waals surface area contributed by atoms with Crippen molar-refractivity contribution >= 4 is 0 Å². The van der Waals surface area contributed by atoms with E-state index < -0.39 is 0 Å². The lowest BCUT2D eigenvalue weighted by molar-refractivity contribution is 0.753. The highest BCUT2D eigenvalue weighted by Gasteiger charge is 2.17. The molecule has 0 unspecified atom stereocenters. The molecule has 0 spiro atoms. The van der Waals surface area contributed by atoms with Gasteiger partial charge in [0.25, 0.3) is 0 Å². The maximum atomic E-state index is 2.36. The lowest BCUT2D eigenvalue weighted by Crippen LogP contribution is -2.07. The van der Waals surface area contributed by atoms with E-state index in [2.05, 4.69) is 71.0 Å². The molecule has 0 heterocycles. The fraction of sp³-hybridized carbons (Fsp3) is 0.429. The van der Waals surface area contributed by atoms with E-state index in [-0.39, 0.29) is 0 Å². The second-order valence-electron chi connectivity index (χ2n) is 6.07. The van der Waals surface area contributed by atoms with E-state index in [4.69, 9.17) is 0 Å². The molecule has 0 saturated carbocycles. The van der Waals surface area contributed by atoms with Gasteiger partial charge in [-0.15, -0.1) is 0 Å². The molecule has 21 heavy (non-hydrogen) atoms. The van der Waals surface area contributed by atoms with Crippen molar-refractivity contribution in [2.75, 3.05) is 0 Å². The summed E-state index contributed by atoms with van der Waals surface area (Å²) in [6.07, 6.45) is 3.38. The Balaban J connectivity index is 2.54. The Kier molecular flexibility index (Phi) is 5.22. The third-order valence-electron chi connectivity index (χ3n) is 4.52. The second kappa shape index (κ2) is 6.93. The van der Waals surface area contributed by atoms with E-state index in [0.717, 1.165) is 19.3 Å². The molecule has 0 bridgehead atoms. The molecular weight excluding hydrogens is 252 g/mol. The SMILES string of the molecule is CCc1cc(C)ccc1C(CC)c1ccc(C)cc1CC. The van der Waals surface area contributed by atoms with E-state index in [0.29, 0.717) is 5.92 Å². The van der Waals surface area contributed by atoms with Crippen LogP contribution in [0.4, 0.5) is 0 Å². The first-order chi connectivity index (χ1) is 10.1. The van der Waals surface area contributed by atoms with Gasteiger partial charge in [0.2, 0.25) is 0 Å². The monoisotopic (exact) mass is 280 g/mol. The van der Waals surface area contributed by atoms with Crippen LogP contribution in [-0.2, 0) is 12.8 Å². The van der Waals surface area contributed by atoms with Crippen molar-refractivity contribution in [3.8, 4) is 0 Å². The van der Waals surface area contributed by atoms with Crippen molar-refractivity contribution in [1.29, 1.82) is 0 Å². The lowest BCUT2D eigenvalue weighted by Gasteiger charge is -2.23. The Labute approximate surface area is 130 Å². The molecule has 0 aromatic heterocycles. The van der Waals surface area contributed by atoms with Crippen molar-refractivity contribution in [1.82, 2.24) is 0 Å². The lowest BCUT2D eigenvalue weighted by atomic mass is 9.82. The molecular formula is C21H28. The van der Waals surface area contributed by atoms with Gasteiger partial charge in [-0.25, -0.2) is 0 Å². The highest BCUT2D eigenvalue weighted by molar-refractivity contribution is 5.44. The van der Waals surface area contributed by atoms with Crippen LogP contribution in [0.25, 0.3) is 0 Å². The Hall–Kier alpha value is -1.56. The van der Waals surface area contributed by atoms with Gasteiger partial charge in [0.15, 0.2) is 0 Å². The first kappa shape index (κ1) is 15.8. The van der Waals surface area contributed by atoms with Gasteiger partial charge in [0.1, 0.15) is 0 Å². The summed E-state index contributed by atoms with van der Waals surface area (Å²) in [5.41, 5.74) is 8.78. The van der Waals surface area contributed by atoms with Crippen molar-refractivity contribution in [2.45, 2.75) is 59.8 Å². The van der Waals surface area contributed by atoms with Crippen LogP contribution in [0.1, 0.15) is 66.5 Å². The number of hydrogen-bond acceptors (Lipinski definition) is 0. The molecule has 0 aliphatic rings. The van der Waals surface area contributed by atoms with Crippen LogP contribution in [0.3, 0.4) is 0 Å². The molecule has 2 rings (SSSR count). The summed E-state index contributed by atoms with van der Waals surface area (Å²) in [5.74, 6) is 0.524. The summed E-state index contributed by atoms with van der Waals surface area (Å²) in [5, 5.41) is 0. The van der Waals surface area contributed by atoms with Gasteiger partial charge >= 0.3 is 0 Å². The van der Waals surface area contributed by atoms with Crippen LogP contribution in [0, 0.1) is 13.8 Å². The summed E-state index contributed by atoms with van der Waals surface area (Å²) in [6.45, 7) is 11.2. The largest absolute Gasteiger partial charge is 0.0645 e. The van der Waals surface area contributed by atoms with Gasteiger partial charge in [0.05, 0.1) is 0 Å². The minimum Gasteiger partial charge on any atom is -0.0645 e. The maximum Gasteiger partial charge on any atom is 0.00921 e. The van der Waals surface area contributed by atoms with Crippen LogP contribution < -0.4 is 0 Å². The number of benzene rings is 2. The molecule has 2 aromatic carbocycles. The van der Waals surface area contributed by atoms with Crippen LogP contribution in [0.15, 0.2) is 36.4 Å². The zero-order valence-electron chi connectivity index (χ0n) is 14.2. The molecule has 0 nitrogen and oxygen atoms in total. The molecule has 0 N–H and O–H groups in total. The summed E-state index contributed by atoms with van der Waals surface area (Å²) >= 11 is 0. The maximum absolute atomic E-state index is 2.36. The Bertz CT molecular complexity index is 554. The van der Waals surface area contributed by atoms with Gasteiger partial charge in [-0.1, -0.05) is 68.3 Å². The first-order valence-corrected chi connectivity index (χ1v) is 8.29. The van der Waals surface area contributed by atoms with Crippen LogP contribution >= 0.6 is 0 Å². The minimum absolute atomic E-state index is 0.524. The van der Waals surface area contributed by atoms with Crippen LogP contribution in [0.5, 0.6) is 0 Å². The molecule has 0 heteroatoms. The topological polar surface area (TPSA) is 0 Å². The fourth-order valence-corrected chi connectivity index (χ4v) is 3.37. The molecule has 0 amide bonds. The molecule has 0 atom stereocenters. The van der Waals surface area contributed by atoms with Gasteiger partial charge in [0, 0.05) is 5.92 Å². The van der Waals surface area contributed by atoms with Crippen LogP contribution in [-0.4, -0.2) is 0 Å². The van der Waals surface area contributed by atoms with E-state index in [1.807, 2.05) is 0 Å². The van der Waals surface area contributed by atoms with E-state index >= 15 is 0 Å². The van der Waals surface area contributed by atoms with Crippen molar-refractivity contribution in [2.24, 2.45) is 0 Å². The molecule has 0 saturated heterocycles. The van der Waals surface area contributed by atoms with E-state index in [1.54, 1.807) is 0 Å². The molecule has 112 valence electrons. The molecule has 0 aliphatic heterocycles. The molecule has 0 aliphatic carbocycles. The third-order valence-corrected chi connectivity index (χ3v) is 4.52. The average Bonchev–Trinajstić information content (AvgIpc) is 2.50. The minimum atomic E-state index is 0.524. The van der Waals surface area contributed by atoms with Crippen molar-refractivity contribution < 1.29 is 0 Å².